The zero-order chi connectivity index (χ0) is 13.6. The van der Waals surface area contributed by atoms with Gasteiger partial charge in [-0.3, -0.25) is 4.79 Å². The number of carbonyl (C=O) groups is 2. The van der Waals surface area contributed by atoms with Crippen LogP contribution in [-0.4, -0.2) is 22.4 Å². The number of allylic oxidation sites excluding steroid dienone is 1. The molecule has 0 amide bonds. The van der Waals surface area contributed by atoms with Gasteiger partial charge in [0.2, 0.25) is 5.78 Å². The van der Waals surface area contributed by atoms with Gasteiger partial charge in [0, 0.05) is 0 Å². The number of anilines is 1. The third-order valence-corrected chi connectivity index (χ3v) is 3.07. The summed E-state index contributed by atoms with van der Waals surface area (Å²) in [4.78, 5) is 23.3. The van der Waals surface area contributed by atoms with Gasteiger partial charge in [0.25, 0.3) is 0 Å². The van der Waals surface area contributed by atoms with Crippen molar-refractivity contribution in [2.24, 2.45) is 5.73 Å². The van der Waals surface area contributed by atoms with Crippen molar-refractivity contribution in [2.45, 2.75) is 5.54 Å². The normalized spacial score (nSPS) is 24.2. The fourth-order valence-corrected chi connectivity index (χ4v) is 1.97. The molecule has 1 unspecified atom stereocenters. The van der Waals surface area contributed by atoms with Crippen LogP contribution in [0, 0.1) is 0 Å². The molecule has 19 heavy (non-hydrogen) atoms. The Morgan fingerprint density at radius 1 is 1.37 bits per heavy atom. The van der Waals surface area contributed by atoms with Gasteiger partial charge in [-0.2, -0.15) is 0 Å². The van der Waals surface area contributed by atoms with Crippen molar-refractivity contribution in [3.8, 4) is 5.75 Å². The molecule has 6 nitrogen and oxygen atoms in total. The quantitative estimate of drug-likeness (QED) is 0.638. The first-order valence-electron chi connectivity index (χ1n) is 5.57. The number of carboxylic acids is 1. The molecular formula is C13H10N2O4. The lowest BCUT2D eigenvalue weighted by molar-refractivity contribution is -0.145. The van der Waals surface area contributed by atoms with Gasteiger partial charge >= 0.3 is 5.97 Å². The molecule has 1 heterocycles. The predicted octanol–water partition coefficient (Wildman–Crippen LogP) is 0.623. The van der Waals surface area contributed by atoms with E-state index in [2.05, 4.69) is 5.32 Å². The van der Waals surface area contributed by atoms with Crippen molar-refractivity contribution in [2.75, 3.05) is 5.32 Å². The number of nitrogens with one attached hydrogen (secondary N) is 1. The number of ether oxygens (including phenoxy) is 1. The highest BCUT2D eigenvalue weighted by atomic mass is 16.5. The smallest absolute Gasteiger partial charge is 0.336 e. The van der Waals surface area contributed by atoms with E-state index >= 15 is 0 Å². The van der Waals surface area contributed by atoms with Crippen LogP contribution in [0.15, 0.2) is 47.9 Å². The lowest BCUT2D eigenvalue weighted by atomic mass is 9.87. The summed E-state index contributed by atoms with van der Waals surface area (Å²) in [6.07, 6.45) is 2.53. The maximum atomic E-state index is 12.2. The van der Waals surface area contributed by atoms with Gasteiger partial charge in [-0.1, -0.05) is 12.1 Å². The number of hydrogen-bond acceptors (Lipinski definition) is 5. The van der Waals surface area contributed by atoms with Crippen LogP contribution in [0.2, 0.25) is 0 Å². The number of nitrogens with two attached hydrogens (primary N) is 1. The van der Waals surface area contributed by atoms with Gasteiger partial charge in [-0.25, -0.2) is 4.79 Å². The van der Waals surface area contributed by atoms with E-state index in [1.54, 1.807) is 24.3 Å². The second-order valence-corrected chi connectivity index (χ2v) is 4.30. The van der Waals surface area contributed by atoms with Crippen molar-refractivity contribution < 1.29 is 19.4 Å². The van der Waals surface area contributed by atoms with E-state index in [1.165, 1.54) is 6.08 Å². The van der Waals surface area contributed by atoms with Gasteiger partial charge in [0.05, 0.1) is 5.69 Å². The van der Waals surface area contributed by atoms with Crippen LogP contribution in [0.1, 0.15) is 0 Å². The van der Waals surface area contributed by atoms with Crippen LogP contribution in [0.3, 0.4) is 0 Å². The van der Waals surface area contributed by atoms with E-state index in [0.717, 1.165) is 6.08 Å². The van der Waals surface area contributed by atoms with Crippen LogP contribution in [0.5, 0.6) is 5.75 Å². The maximum absolute atomic E-state index is 12.2. The summed E-state index contributed by atoms with van der Waals surface area (Å²) < 4.78 is 5.54. The number of carboxylic acid groups (broad SMARTS) is 1. The number of fused-ring (bicyclic) bond motifs is 1. The number of aliphatic carboxylic acids is 1. The summed E-state index contributed by atoms with van der Waals surface area (Å²) in [7, 11) is 0. The van der Waals surface area contributed by atoms with Crippen LogP contribution in [-0.2, 0) is 9.59 Å². The first kappa shape index (κ1) is 11.5. The lowest BCUT2D eigenvalue weighted by Gasteiger charge is -2.30. The molecule has 0 saturated carbocycles. The molecule has 1 aromatic rings. The van der Waals surface area contributed by atoms with Crippen molar-refractivity contribution in [1.82, 2.24) is 0 Å². The molecule has 6 heteroatoms. The van der Waals surface area contributed by atoms with Gasteiger partial charge in [-0.05, 0) is 24.3 Å². The minimum atomic E-state index is -2.05. The molecular weight excluding hydrogens is 248 g/mol. The van der Waals surface area contributed by atoms with Crippen LogP contribution >= 0.6 is 0 Å². The van der Waals surface area contributed by atoms with Crippen molar-refractivity contribution >= 4 is 17.4 Å². The second-order valence-electron chi connectivity index (χ2n) is 4.30. The van der Waals surface area contributed by atoms with Crippen LogP contribution in [0.25, 0.3) is 0 Å². The van der Waals surface area contributed by atoms with E-state index in [-0.39, 0.29) is 11.5 Å². The Kier molecular flexibility index (Phi) is 2.23. The van der Waals surface area contributed by atoms with Gasteiger partial charge in [0.1, 0.15) is 5.70 Å². The van der Waals surface area contributed by atoms with E-state index < -0.39 is 17.3 Å². The van der Waals surface area contributed by atoms with Crippen molar-refractivity contribution in [3.63, 3.8) is 0 Å². The van der Waals surface area contributed by atoms with E-state index in [0.29, 0.717) is 11.4 Å². The summed E-state index contributed by atoms with van der Waals surface area (Å²) in [6.45, 7) is 0. The number of hydrogen-bond donors (Lipinski definition) is 3. The summed E-state index contributed by atoms with van der Waals surface area (Å²) in [5, 5.41) is 11.9. The zero-order valence-electron chi connectivity index (χ0n) is 9.71. The van der Waals surface area contributed by atoms with E-state index in [9.17, 15) is 9.59 Å². The largest absolute Gasteiger partial charge is 0.479 e. The Balaban J connectivity index is 2.05. The van der Waals surface area contributed by atoms with E-state index in [1.807, 2.05) is 0 Å². The number of para-hydroxylation sites is 2. The SMILES string of the molecule is NC1(C(=O)O)C=CC2=C(Nc3ccccc3O2)C1=O. The Bertz CT molecular complexity index is 662. The van der Waals surface area contributed by atoms with Gasteiger partial charge in [0.15, 0.2) is 17.0 Å². The summed E-state index contributed by atoms with van der Waals surface area (Å²) in [5.74, 6) is -1.29. The van der Waals surface area contributed by atoms with Crippen LogP contribution in [0.4, 0.5) is 5.69 Å². The molecule has 1 aromatic carbocycles. The minimum Gasteiger partial charge on any atom is -0.479 e. The summed E-state index contributed by atoms with van der Waals surface area (Å²) in [5.41, 5.74) is 4.21. The number of ketones is 1. The predicted molar refractivity (Wildman–Crippen MR) is 66.4 cm³/mol. The maximum Gasteiger partial charge on any atom is 0.336 e. The molecule has 0 radical (unpaired) electrons. The topological polar surface area (TPSA) is 102 Å². The highest BCUT2D eigenvalue weighted by Gasteiger charge is 2.46. The molecule has 2 aliphatic rings. The molecule has 1 atom stereocenters. The standard InChI is InChI=1S/C13H10N2O4/c14-13(12(17)18)6-5-9-10(11(13)16)15-7-3-1-2-4-8(7)19-9/h1-6,15H,14H2,(H,17,18). The first-order chi connectivity index (χ1) is 9.02. The minimum absolute atomic E-state index is 0.0612. The highest BCUT2D eigenvalue weighted by Crippen LogP contribution is 2.35. The van der Waals surface area contributed by atoms with Crippen molar-refractivity contribution in [3.05, 3.63) is 47.9 Å². The number of carbonyl (C=O) groups excluding carboxylic acids is 1. The first-order valence-corrected chi connectivity index (χ1v) is 5.57. The molecule has 96 valence electrons. The molecule has 3 rings (SSSR count). The Hall–Kier alpha value is -2.60. The summed E-state index contributed by atoms with van der Waals surface area (Å²) >= 11 is 0. The van der Waals surface area contributed by atoms with Crippen LogP contribution < -0.4 is 15.8 Å². The molecule has 0 bridgehead atoms. The molecule has 1 aliphatic heterocycles. The lowest BCUT2D eigenvalue weighted by Crippen LogP contribution is -2.56. The monoisotopic (exact) mass is 258 g/mol. The number of rotatable bonds is 1. The molecule has 0 spiro atoms. The third-order valence-electron chi connectivity index (χ3n) is 3.07. The van der Waals surface area contributed by atoms with Crippen molar-refractivity contribution in [1.29, 1.82) is 0 Å². The second kappa shape index (κ2) is 3.69. The number of benzene rings is 1. The Morgan fingerprint density at radius 3 is 2.84 bits per heavy atom. The Morgan fingerprint density at radius 2 is 2.11 bits per heavy atom. The fourth-order valence-electron chi connectivity index (χ4n) is 1.97. The Labute approximate surface area is 108 Å². The number of Topliss-reactive ketones (excluding diaryl/α,β-unsaturated/α-hetero) is 1. The molecule has 0 saturated heterocycles. The summed E-state index contributed by atoms with van der Waals surface area (Å²) in [6, 6.07) is 7.04. The zero-order valence-corrected chi connectivity index (χ0v) is 9.71. The molecule has 0 fully saturated rings. The van der Waals surface area contributed by atoms with Gasteiger partial charge in [-0.15, -0.1) is 0 Å². The fraction of sp³-hybridized carbons (Fsp3) is 0.0769. The average Bonchev–Trinajstić information content (AvgIpc) is 2.41. The third kappa shape index (κ3) is 1.54. The molecule has 4 N–H and O–H groups in total. The van der Waals surface area contributed by atoms with E-state index in [4.69, 9.17) is 15.6 Å². The highest BCUT2D eigenvalue weighted by molar-refractivity contribution is 6.20. The van der Waals surface area contributed by atoms with Gasteiger partial charge < -0.3 is 20.9 Å². The average molecular weight is 258 g/mol. The molecule has 0 aromatic heterocycles. The molecule has 1 aliphatic carbocycles.